The lowest BCUT2D eigenvalue weighted by Gasteiger charge is -2.20. The first kappa shape index (κ1) is 14.0. The lowest BCUT2D eigenvalue weighted by Crippen LogP contribution is -2.24. The van der Waals surface area contributed by atoms with Gasteiger partial charge in [0.2, 0.25) is 0 Å². The van der Waals surface area contributed by atoms with Crippen LogP contribution in [0.2, 0.25) is 5.02 Å². The molecule has 1 aromatic carbocycles. The van der Waals surface area contributed by atoms with E-state index in [2.05, 4.69) is 6.92 Å². The number of aryl methyl sites for hydroxylation is 1. The Morgan fingerprint density at radius 3 is 2.47 bits per heavy atom. The van der Waals surface area contributed by atoms with Crippen molar-refractivity contribution >= 4 is 17.6 Å². The van der Waals surface area contributed by atoms with E-state index in [-0.39, 0.29) is 5.97 Å². The van der Waals surface area contributed by atoms with Crippen molar-refractivity contribution < 1.29 is 9.53 Å². The van der Waals surface area contributed by atoms with E-state index in [1.807, 2.05) is 32.9 Å². The number of carbonyl (C=O) groups excluding carboxylic acids is 1. The van der Waals surface area contributed by atoms with Gasteiger partial charge in [-0.25, -0.2) is 4.79 Å². The Kier molecular flexibility index (Phi) is 4.58. The van der Waals surface area contributed by atoms with Gasteiger partial charge in [-0.15, -0.1) is 0 Å². The fraction of sp³-hybridized carbons (Fsp3) is 0.500. The van der Waals surface area contributed by atoms with Crippen molar-refractivity contribution in [2.24, 2.45) is 0 Å². The second kappa shape index (κ2) is 5.54. The summed E-state index contributed by atoms with van der Waals surface area (Å²) in [5.74, 6) is -0.370. The van der Waals surface area contributed by atoms with Crippen molar-refractivity contribution in [3.8, 4) is 0 Å². The van der Waals surface area contributed by atoms with Crippen molar-refractivity contribution in [3.05, 3.63) is 34.3 Å². The smallest absolute Gasteiger partial charge is 0.340 e. The molecule has 17 heavy (non-hydrogen) atoms. The topological polar surface area (TPSA) is 26.3 Å². The molecular weight excluding hydrogens is 236 g/mol. The molecule has 0 N–H and O–H groups in total. The predicted octanol–water partition coefficient (Wildman–Crippen LogP) is 4.25. The molecule has 0 bridgehead atoms. The number of ether oxygens (including phenoxy) is 1. The highest BCUT2D eigenvalue weighted by molar-refractivity contribution is 6.33. The SMILES string of the molecule is CCCc1ccc(C(=O)OC(C)(C)C)c(Cl)c1. The zero-order valence-electron chi connectivity index (χ0n) is 10.8. The number of benzene rings is 1. The molecule has 0 saturated heterocycles. The normalized spacial score (nSPS) is 11.4. The molecule has 0 fully saturated rings. The summed E-state index contributed by atoms with van der Waals surface area (Å²) in [5, 5.41) is 0.463. The number of halogens is 1. The lowest BCUT2D eigenvalue weighted by molar-refractivity contribution is 0.00698. The van der Waals surface area contributed by atoms with Crippen LogP contribution in [0.15, 0.2) is 18.2 Å². The molecule has 1 rings (SSSR count). The molecule has 0 atom stereocenters. The van der Waals surface area contributed by atoms with E-state index >= 15 is 0 Å². The first-order chi connectivity index (χ1) is 7.83. The van der Waals surface area contributed by atoms with Gasteiger partial charge in [-0.3, -0.25) is 0 Å². The third kappa shape index (κ3) is 4.39. The van der Waals surface area contributed by atoms with Crippen LogP contribution in [-0.2, 0) is 11.2 Å². The van der Waals surface area contributed by atoms with Crippen molar-refractivity contribution in [2.45, 2.75) is 46.1 Å². The van der Waals surface area contributed by atoms with Crippen LogP contribution in [0.1, 0.15) is 50.0 Å². The first-order valence-electron chi connectivity index (χ1n) is 5.85. The van der Waals surface area contributed by atoms with Gasteiger partial charge in [0.05, 0.1) is 10.6 Å². The summed E-state index contributed by atoms with van der Waals surface area (Å²) in [4.78, 5) is 11.8. The fourth-order valence-corrected chi connectivity index (χ4v) is 1.78. The second-order valence-electron chi connectivity index (χ2n) is 5.07. The van der Waals surface area contributed by atoms with Gasteiger partial charge in [0, 0.05) is 0 Å². The molecule has 0 radical (unpaired) electrons. The Morgan fingerprint density at radius 1 is 1.35 bits per heavy atom. The van der Waals surface area contributed by atoms with Gasteiger partial charge < -0.3 is 4.74 Å². The largest absolute Gasteiger partial charge is 0.456 e. The van der Waals surface area contributed by atoms with Crippen LogP contribution < -0.4 is 0 Å². The molecule has 1 aromatic rings. The zero-order chi connectivity index (χ0) is 13.1. The number of hydrogen-bond acceptors (Lipinski definition) is 2. The Labute approximate surface area is 108 Å². The fourth-order valence-electron chi connectivity index (χ4n) is 1.50. The average Bonchev–Trinajstić information content (AvgIpc) is 2.15. The van der Waals surface area contributed by atoms with Gasteiger partial charge in [-0.1, -0.05) is 31.0 Å². The molecule has 0 heterocycles. The molecule has 0 saturated carbocycles. The van der Waals surface area contributed by atoms with Crippen LogP contribution in [0.3, 0.4) is 0 Å². The van der Waals surface area contributed by atoms with Gasteiger partial charge in [0.25, 0.3) is 0 Å². The van der Waals surface area contributed by atoms with Crippen LogP contribution in [0.25, 0.3) is 0 Å². The highest BCUT2D eigenvalue weighted by Gasteiger charge is 2.19. The zero-order valence-corrected chi connectivity index (χ0v) is 11.6. The highest BCUT2D eigenvalue weighted by Crippen LogP contribution is 2.21. The van der Waals surface area contributed by atoms with E-state index in [1.165, 1.54) is 0 Å². The molecular formula is C14H19ClO2. The minimum Gasteiger partial charge on any atom is -0.456 e. The molecule has 0 aromatic heterocycles. The van der Waals surface area contributed by atoms with E-state index in [4.69, 9.17) is 16.3 Å². The van der Waals surface area contributed by atoms with E-state index in [9.17, 15) is 4.79 Å². The van der Waals surface area contributed by atoms with Crippen LogP contribution in [-0.4, -0.2) is 11.6 Å². The minimum absolute atomic E-state index is 0.370. The maximum absolute atomic E-state index is 11.8. The van der Waals surface area contributed by atoms with Crippen LogP contribution in [0, 0.1) is 0 Å². The summed E-state index contributed by atoms with van der Waals surface area (Å²) in [6.07, 6.45) is 2.02. The molecule has 0 aliphatic heterocycles. The molecule has 0 amide bonds. The number of carbonyl (C=O) groups is 1. The van der Waals surface area contributed by atoms with Crippen molar-refractivity contribution in [1.82, 2.24) is 0 Å². The Hall–Kier alpha value is -1.02. The molecule has 0 aliphatic carbocycles. The number of esters is 1. The highest BCUT2D eigenvalue weighted by atomic mass is 35.5. The van der Waals surface area contributed by atoms with Gasteiger partial charge in [0.15, 0.2) is 0 Å². The van der Waals surface area contributed by atoms with E-state index in [1.54, 1.807) is 6.07 Å². The molecule has 0 spiro atoms. The Bertz CT molecular complexity index is 405. The maximum atomic E-state index is 11.8. The monoisotopic (exact) mass is 254 g/mol. The summed E-state index contributed by atoms with van der Waals surface area (Å²) in [6.45, 7) is 7.62. The summed E-state index contributed by atoms with van der Waals surface area (Å²) in [6, 6.07) is 5.50. The van der Waals surface area contributed by atoms with Crippen molar-refractivity contribution in [1.29, 1.82) is 0 Å². The van der Waals surface area contributed by atoms with Crippen LogP contribution in [0.4, 0.5) is 0 Å². The number of rotatable bonds is 3. The molecule has 2 nitrogen and oxygen atoms in total. The van der Waals surface area contributed by atoms with E-state index in [0.29, 0.717) is 10.6 Å². The molecule has 3 heteroatoms. The van der Waals surface area contributed by atoms with Gasteiger partial charge in [-0.05, 0) is 44.9 Å². The average molecular weight is 255 g/mol. The molecule has 94 valence electrons. The molecule has 0 unspecified atom stereocenters. The Balaban J connectivity index is 2.88. The minimum atomic E-state index is -0.498. The van der Waals surface area contributed by atoms with Crippen molar-refractivity contribution in [3.63, 3.8) is 0 Å². The summed E-state index contributed by atoms with van der Waals surface area (Å²) >= 11 is 6.09. The van der Waals surface area contributed by atoms with E-state index < -0.39 is 5.60 Å². The van der Waals surface area contributed by atoms with Gasteiger partial charge in [-0.2, -0.15) is 0 Å². The lowest BCUT2D eigenvalue weighted by atomic mass is 10.1. The first-order valence-corrected chi connectivity index (χ1v) is 6.23. The number of hydrogen-bond donors (Lipinski definition) is 0. The van der Waals surface area contributed by atoms with Gasteiger partial charge >= 0.3 is 5.97 Å². The molecule has 0 aliphatic rings. The predicted molar refractivity (Wildman–Crippen MR) is 70.6 cm³/mol. The van der Waals surface area contributed by atoms with E-state index in [0.717, 1.165) is 18.4 Å². The van der Waals surface area contributed by atoms with Gasteiger partial charge in [0.1, 0.15) is 5.60 Å². The summed E-state index contributed by atoms with van der Waals surface area (Å²) in [7, 11) is 0. The summed E-state index contributed by atoms with van der Waals surface area (Å²) < 4.78 is 5.28. The van der Waals surface area contributed by atoms with Crippen molar-refractivity contribution in [2.75, 3.05) is 0 Å². The van der Waals surface area contributed by atoms with Crippen LogP contribution in [0.5, 0.6) is 0 Å². The third-order valence-electron chi connectivity index (χ3n) is 2.19. The third-order valence-corrected chi connectivity index (χ3v) is 2.50. The second-order valence-corrected chi connectivity index (χ2v) is 5.47. The Morgan fingerprint density at radius 2 is 2.00 bits per heavy atom. The maximum Gasteiger partial charge on any atom is 0.340 e. The summed E-state index contributed by atoms with van der Waals surface area (Å²) in [5.41, 5.74) is 1.08. The standard InChI is InChI=1S/C14H19ClO2/c1-5-6-10-7-8-11(12(15)9-10)13(16)17-14(2,3)4/h7-9H,5-6H2,1-4H3. The van der Waals surface area contributed by atoms with Crippen LogP contribution >= 0.6 is 11.6 Å². The quantitative estimate of drug-likeness (QED) is 0.754.